The molecule has 5 rings (SSSR count). The number of aryl methyl sites for hydroxylation is 2. The van der Waals surface area contributed by atoms with Crippen molar-refractivity contribution in [1.29, 1.82) is 0 Å². The van der Waals surface area contributed by atoms with Crippen LogP contribution in [0.25, 0.3) is 0 Å². The Kier molecular flexibility index (Phi) is 9.32. The van der Waals surface area contributed by atoms with Crippen LogP contribution in [0.5, 0.6) is 11.5 Å². The number of rotatable bonds is 10. The van der Waals surface area contributed by atoms with Gasteiger partial charge in [-0.25, -0.2) is 4.68 Å². The topological polar surface area (TPSA) is 90.3 Å². The third kappa shape index (κ3) is 6.84. The molecule has 10 heteroatoms. The van der Waals surface area contributed by atoms with Crippen molar-refractivity contribution in [2.24, 2.45) is 0 Å². The number of nitrogens with one attached hydrogen (secondary N) is 2. The average molecular weight is 618 g/mol. The van der Waals surface area contributed by atoms with Crippen molar-refractivity contribution >= 4 is 40.9 Å². The molecule has 3 aromatic carbocycles. The van der Waals surface area contributed by atoms with E-state index in [-0.39, 0.29) is 12.0 Å². The number of aromatic nitrogens is 3. The van der Waals surface area contributed by atoms with Crippen molar-refractivity contribution in [3.05, 3.63) is 99.2 Å². The Bertz CT molecular complexity index is 1680. The zero-order chi connectivity index (χ0) is 30.7. The molecular formula is C33H36ClN5O3S. The van der Waals surface area contributed by atoms with E-state index >= 15 is 0 Å². The fraction of sp³-hybridized carbons (Fsp3) is 0.303. The summed E-state index contributed by atoms with van der Waals surface area (Å²) in [7, 11) is 0. The van der Waals surface area contributed by atoms with Crippen LogP contribution in [-0.2, 0) is 10.5 Å². The van der Waals surface area contributed by atoms with Crippen LogP contribution in [-0.4, -0.2) is 33.4 Å². The molecule has 43 heavy (non-hydrogen) atoms. The fourth-order valence-corrected chi connectivity index (χ4v) is 6.13. The first-order valence-corrected chi connectivity index (χ1v) is 15.6. The Hall–Kier alpha value is -3.95. The maximum atomic E-state index is 14.0. The van der Waals surface area contributed by atoms with Crippen molar-refractivity contribution in [1.82, 2.24) is 14.8 Å². The Balaban J connectivity index is 1.56. The van der Waals surface area contributed by atoms with Crippen molar-refractivity contribution in [2.45, 2.75) is 64.6 Å². The lowest BCUT2D eigenvalue weighted by Crippen LogP contribution is -2.31. The quantitative estimate of drug-likeness (QED) is 0.174. The van der Waals surface area contributed by atoms with E-state index in [2.05, 4.69) is 10.6 Å². The molecule has 0 saturated heterocycles. The molecule has 1 unspecified atom stereocenters. The second-order valence-corrected chi connectivity index (χ2v) is 12.0. The van der Waals surface area contributed by atoms with Gasteiger partial charge in [-0.05, 0) is 82.5 Å². The van der Waals surface area contributed by atoms with Gasteiger partial charge in [0.1, 0.15) is 6.04 Å². The van der Waals surface area contributed by atoms with Gasteiger partial charge in [0.05, 0.1) is 18.3 Å². The van der Waals surface area contributed by atoms with Gasteiger partial charge >= 0.3 is 0 Å². The highest BCUT2D eigenvalue weighted by atomic mass is 35.5. The Morgan fingerprint density at radius 2 is 1.88 bits per heavy atom. The SMILES string of the molecule is CCOc1cc(C2C(C(=O)Nc3ccc(C)cc3C)=C(C)Nc3nc(SCc4ccccc4Cl)nn32)ccc1OC(C)C. The first-order chi connectivity index (χ1) is 20.6. The van der Waals surface area contributed by atoms with Gasteiger partial charge in [0.2, 0.25) is 11.1 Å². The summed E-state index contributed by atoms with van der Waals surface area (Å²) in [5.41, 5.74) is 5.90. The third-order valence-electron chi connectivity index (χ3n) is 6.97. The number of halogens is 1. The minimum absolute atomic E-state index is 0.0233. The summed E-state index contributed by atoms with van der Waals surface area (Å²) in [5, 5.41) is 12.6. The highest BCUT2D eigenvalue weighted by Gasteiger charge is 2.35. The summed E-state index contributed by atoms with van der Waals surface area (Å²) in [6.45, 7) is 12.3. The molecule has 0 aliphatic carbocycles. The molecule has 0 radical (unpaired) electrons. The number of benzene rings is 3. The summed E-state index contributed by atoms with van der Waals surface area (Å²) >= 11 is 7.88. The maximum absolute atomic E-state index is 14.0. The zero-order valence-electron chi connectivity index (χ0n) is 25.2. The predicted molar refractivity (Wildman–Crippen MR) is 173 cm³/mol. The van der Waals surface area contributed by atoms with E-state index in [4.69, 9.17) is 31.2 Å². The van der Waals surface area contributed by atoms with E-state index in [9.17, 15) is 4.79 Å². The van der Waals surface area contributed by atoms with Gasteiger partial charge in [0, 0.05) is 22.2 Å². The van der Waals surface area contributed by atoms with E-state index in [1.807, 2.05) is 102 Å². The summed E-state index contributed by atoms with van der Waals surface area (Å²) in [4.78, 5) is 18.8. The van der Waals surface area contributed by atoms with Crippen LogP contribution in [0.1, 0.15) is 56.0 Å². The number of ether oxygens (including phenoxy) is 2. The lowest BCUT2D eigenvalue weighted by Gasteiger charge is -2.29. The minimum atomic E-state index is -0.573. The van der Waals surface area contributed by atoms with E-state index in [0.29, 0.717) is 51.3 Å². The molecule has 0 saturated carbocycles. The van der Waals surface area contributed by atoms with Crippen LogP contribution in [0.3, 0.4) is 0 Å². The smallest absolute Gasteiger partial charge is 0.255 e. The monoisotopic (exact) mass is 617 g/mol. The van der Waals surface area contributed by atoms with E-state index in [1.165, 1.54) is 11.8 Å². The van der Waals surface area contributed by atoms with Gasteiger partial charge in [0.25, 0.3) is 5.91 Å². The molecule has 8 nitrogen and oxygen atoms in total. The second-order valence-electron chi connectivity index (χ2n) is 10.7. The van der Waals surface area contributed by atoms with Crippen LogP contribution >= 0.6 is 23.4 Å². The van der Waals surface area contributed by atoms with Crippen LogP contribution < -0.4 is 20.1 Å². The number of allylic oxidation sites excluding steroid dienone is 1. The van der Waals surface area contributed by atoms with Crippen molar-refractivity contribution in [2.75, 3.05) is 17.2 Å². The molecule has 1 aliphatic rings. The number of thioether (sulfide) groups is 1. The van der Waals surface area contributed by atoms with Crippen LogP contribution in [0.2, 0.25) is 5.02 Å². The summed E-state index contributed by atoms with van der Waals surface area (Å²) < 4.78 is 13.8. The van der Waals surface area contributed by atoms with Gasteiger partial charge < -0.3 is 20.1 Å². The average Bonchev–Trinajstić information content (AvgIpc) is 3.36. The number of carbonyl (C=O) groups is 1. The lowest BCUT2D eigenvalue weighted by atomic mass is 9.94. The number of anilines is 2. The number of hydrogen-bond acceptors (Lipinski definition) is 7. The number of hydrogen-bond donors (Lipinski definition) is 2. The van der Waals surface area contributed by atoms with Gasteiger partial charge in [0.15, 0.2) is 11.5 Å². The Labute approximate surface area is 261 Å². The molecule has 1 aliphatic heterocycles. The van der Waals surface area contributed by atoms with E-state index in [0.717, 1.165) is 27.9 Å². The molecule has 0 spiro atoms. The van der Waals surface area contributed by atoms with Gasteiger partial charge in [-0.1, -0.05) is 65.3 Å². The number of amides is 1. The molecule has 2 N–H and O–H groups in total. The zero-order valence-corrected chi connectivity index (χ0v) is 26.8. The van der Waals surface area contributed by atoms with E-state index in [1.54, 1.807) is 4.68 Å². The molecular weight excluding hydrogens is 582 g/mol. The van der Waals surface area contributed by atoms with Gasteiger partial charge in [-0.3, -0.25) is 4.79 Å². The highest BCUT2D eigenvalue weighted by Crippen LogP contribution is 2.40. The minimum Gasteiger partial charge on any atom is -0.490 e. The molecule has 224 valence electrons. The largest absolute Gasteiger partial charge is 0.490 e. The molecule has 4 aromatic rings. The van der Waals surface area contributed by atoms with Crippen molar-refractivity contribution in [3.8, 4) is 11.5 Å². The van der Waals surface area contributed by atoms with Gasteiger partial charge in [-0.15, -0.1) is 5.10 Å². The Morgan fingerprint density at radius 1 is 1.09 bits per heavy atom. The van der Waals surface area contributed by atoms with E-state index < -0.39 is 6.04 Å². The summed E-state index contributed by atoms with van der Waals surface area (Å²) in [6, 6.07) is 18.9. The van der Waals surface area contributed by atoms with Crippen LogP contribution in [0.15, 0.2) is 77.1 Å². The molecule has 2 heterocycles. The molecule has 0 fully saturated rings. The Morgan fingerprint density at radius 3 is 2.60 bits per heavy atom. The highest BCUT2D eigenvalue weighted by molar-refractivity contribution is 7.98. The first-order valence-electron chi connectivity index (χ1n) is 14.3. The molecule has 1 amide bonds. The van der Waals surface area contributed by atoms with Crippen LogP contribution in [0, 0.1) is 13.8 Å². The van der Waals surface area contributed by atoms with Gasteiger partial charge in [-0.2, -0.15) is 4.98 Å². The molecule has 1 atom stereocenters. The third-order valence-corrected chi connectivity index (χ3v) is 8.22. The number of nitrogens with zero attached hydrogens (tertiary/aromatic N) is 3. The standard InChI is InChI=1S/C33H36ClN5O3S/c1-7-41-28-17-23(13-15-27(28)42-19(2)3)30-29(31(40)36-26-14-12-20(4)16-21(26)5)22(6)35-32-37-33(38-39(30)32)43-18-24-10-8-9-11-25(24)34/h8-17,19,30H,7,18H2,1-6H3,(H,36,40)(H,35,37,38). The predicted octanol–water partition coefficient (Wildman–Crippen LogP) is 7.95. The van der Waals surface area contributed by atoms with Crippen LogP contribution in [0.4, 0.5) is 11.6 Å². The number of carbonyl (C=O) groups excluding carboxylic acids is 1. The normalized spacial score (nSPS) is 14.4. The van der Waals surface area contributed by atoms with Crippen molar-refractivity contribution < 1.29 is 14.3 Å². The fourth-order valence-electron chi connectivity index (χ4n) is 5.01. The second kappa shape index (κ2) is 13.1. The number of fused-ring (bicyclic) bond motifs is 1. The maximum Gasteiger partial charge on any atom is 0.255 e. The summed E-state index contributed by atoms with van der Waals surface area (Å²) in [6.07, 6.45) is -0.0233. The summed E-state index contributed by atoms with van der Waals surface area (Å²) in [5.74, 6) is 2.18. The first kappa shape index (κ1) is 30.5. The molecule has 1 aromatic heterocycles. The molecule has 0 bridgehead atoms. The van der Waals surface area contributed by atoms with Crippen molar-refractivity contribution in [3.63, 3.8) is 0 Å². The lowest BCUT2D eigenvalue weighted by molar-refractivity contribution is -0.113.